The van der Waals surface area contributed by atoms with E-state index in [9.17, 15) is 4.79 Å². The van der Waals surface area contributed by atoms with Gasteiger partial charge in [0.2, 0.25) is 0 Å². The summed E-state index contributed by atoms with van der Waals surface area (Å²) in [4.78, 5) is 13.0. The second kappa shape index (κ2) is 6.29. The third-order valence-corrected chi connectivity index (χ3v) is 4.35. The number of methoxy groups -OCH3 is 1. The number of rotatable bonds is 3. The Balaban J connectivity index is 2.03. The van der Waals surface area contributed by atoms with Gasteiger partial charge in [0, 0.05) is 22.8 Å². The summed E-state index contributed by atoms with van der Waals surface area (Å²) in [6, 6.07) is 25.3. The number of hydrogen-bond acceptors (Lipinski definition) is 2. The molecule has 0 bridgehead atoms. The smallest absolute Gasteiger partial charge is 0.197 e. The van der Waals surface area contributed by atoms with E-state index in [1.54, 1.807) is 7.11 Å². The Kier molecular flexibility index (Phi) is 3.82. The van der Waals surface area contributed by atoms with E-state index in [1.165, 1.54) is 0 Å². The lowest BCUT2D eigenvalue weighted by Gasteiger charge is -2.14. The van der Waals surface area contributed by atoms with E-state index in [0.717, 1.165) is 22.5 Å². The fraction of sp³-hybridized carbons (Fsp3) is 0.0455. The topological polar surface area (TPSA) is 31.2 Å². The predicted octanol–water partition coefficient (Wildman–Crippen LogP) is 4.67. The molecule has 0 radical (unpaired) electrons. The number of ether oxygens (including phenoxy) is 1. The molecule has 0 unspecified atom stereocenters. The van der Waals surface area contributed by atoms with Gasteiger partial charge in [0.25, 0.3) is 0 Å². The van der Waals surface area contributed by atoms with Gasteiger partial charge in [-0.25, -0.2) is 0 Å². The lowest BCUT2D eigenvalue weighted by molar-refractivity contribution is 0.415. The van der Waals surface area contributed by atoms with Crippen molar-refractivity contribution in [1.82, 2.24) is 4.57 Å². The Morgan fingerprint density at radius 2 is 1.48 bits per heavy atom. The molecule has 3 heteroatoms. The zero-order chi connectivity index (χ0) is 17.2. The van der Waals surface area contributed by atoms with Gasteiger partial charge in [-0.2, -0.15) is 0 Å². The number of fused-ring (bicyclic) bond motifs is 1. The molecule has 0 fully saturated rings. The van der Waals surface area contributed by atoms with Gasteiger partial charge < -0.3 is 9.30 Å². The van der Waals surface area contributed by atoms with E-state index in [0.29, 0.717) is 10.9 Å². The van der Waals surface area contributed by atoms with Crippen molar-refractivity contribution in [2.24, 2.45) is 0 Å². The first-order valence-electron chi connectivity index (χ1n) is 8.12. The zero-order valence-corrected chi connectivity index (χ0v) is 13.8. The quantitative estimate of drug-likeness (QED) is 0.548. The molecule has 1 heterocycles. The van der Waals surface area contributed by atoms with Crippen LogP contribution in [0.1, 0.15) is 0 Å². The van der Waals surface area contributed by atoms with Crippen molar-refractivity contribution in [2.45, 2.75) is 0 Å². The number of hydrogen-bond donors (Lipinski definition) is 0. The molecule has 0 N–H and O–H groups in total. The molecule has 0 aliphatic rings. The normalized spacial score (nSPS) is 10.8. The predicted molar refractivity (Wildman–Crippen MR) is 102 cm³/mol. The van der Waals surface area contributed by atoms with Gasteiger partial charge in [-0.3, -0.25) is 4.79 Å². The van der Waals surface area contributed by atoms with Crippen molar-refractivity contribution in [3.05, 3.63) is 95.3 Å². The molecule has 0 aliphatic heterocycles. The molecule has 0 saturated heterocycles. The van der Waals surface area contributed by atoms with Crippen molar-refractivity contribution in [2.75, 3.05) is 7.11 Å². The van der Waals surface area contributed by atoms with E-state index in [1.807, 2.05) is 85.1 Å². The second-order valence-electron chi connectivity index (χ2n) is 5.82. The minimum Gasteiger partial charge on any atom is -0.497 e. The minimum atomic E-state index is 0.0477. The molecule has 0 aliphatic carbocycles. The standard InChI is InChI=1S/C22H17NO2/c1-25-18-13-11-17(12-14-18)23-15-20(16-7-3-2-4-8-16)22(24)19-9-5-6-10-21(19)23/h2-15H,1H3. The highest BCUT2D eigenvalue weighted by molar-refractivity contribution is 5.85. The summed E-state index contributed by atoms with van der Waals surface area (Å²) in [5.74, 6) is 0.803. The lowest BCUT2D eigenvalue weighted by Crippen LogP contribution is -2.11. The molecular weight excluding hydrogens is 310 g/mol. The highest BCUT2D eigenvalue weighted by atomic mass is 16.5. The van der Waals surface area contributed by atoms with Crippen LogP contribution in [0.4, 0.5) is 0 Å². The van der Waals surface area contributed by atoms with Crippen LogP contribution in [0.15, 0.2) is 89.9 Å². The first-order valence-corrected chi connectivity index (χ1v) is 8.12. The Morgan fingerprint density at radius 3 is 2.20 bits per heavy atom. The van der Waals surface area contributed by atoms with Crippen LogP contribution in [0.3, 0.4) is 0 Å². The summed E-state index contributed by atoms with van der Waals surface area (Å²) < 4.78 is 7.30. The van der Waals surface area contributed by atoms with Crippen LogP contribution >= 0.6 is 0 Å². The third kappa shape index (κ3) is 2.70. The van der Waals surface area contributed by atoms with Crippen molar-refractivity contribution < 1.29 is 4.74 Å². The maximum atomic E-state index is 13.0. The minimum absolute atomic E-state index is 0.0477. The van der Waals surface area contributed by atoms with Gasteiger partial charge in [0.15, 0.2) is 5.43 Å². The number of pyridine rings is 1. The van der Waals surface area contributed by atoms with Crippen molar-refractivity contribution in [1.29, 1.82) is 0 Å². The molecule has 0 saturated carbocycles. The molecule has 0 spiro atoms. The molecule has 3 nitrogen and oxygen atoms in total. The van der Waals surface area contributed by atoms with E-state index >= 15 is 0 Å². The maximum absolute atomic E-state index is 13.0. The van der Waals surface area contributed by atoms with Crippen LogP contribution in [0.2, 0.25) is 0 Å². The zero-order valence-electron chi connectivity index (χ0n) is 13.8. The van der Waals surface area contributed by atoms with E-state index in [2.05, 4.69) is 4.57 Å². The van der Waals surface area contributed by atoms with Crippen molar-refractivity contribution in [3.63, 3.8) is 0 Å². The Hall–Kier alpha value is -3.33. The van der Waals surface area contributed by atoms with Gasteiger partial charge in [-0.15, -0.1) is 0 Å². The van der Waals surface area contributed by atoms with Crippen LogP contribution in [-0.4, -0.2) is 11.7 Å². The van der Waals surface area contributed by atoms with Crippen molar-refractivity contribution >= 4 is 10.9 Å². The summed E-state index contributed by atoms with van der Waals surface area (Å²) >= 11 is 0. The molecule has 122 valence electrons. The molecule has 0 amide bonds. The molecular formula is C22H17NO2. The number of aromatic nitrogens is 1. The summed E-state index contributed by atoms with van der Waals surface area (Å²) in [7, 11) is 1.65. The largest absolute Gasteiger partial charge is 0.497 e. The molecule has 3 aromatic carbocycles. The Morgan fingerprint density at radius 1 is 0.800 bits per heavy atom. The van der Waals surface area contributed by atoms with Crippen LogP contribution < -0.4 is 10.2 Å². The first kappa shape index (κ1) is 15.2. The molecule has 4 aromatic rings. The number of nitrogens with zero attached hydrogens (tertiary/aromatic N) is 1. The van der Waals surface area contributed by atoms with Gasteiger partial charge >= 0.3 is 0 Å². The summed E-state index contributed by atoms with van der Waals surface area (Å²) in [5.41, 5.74) is 3.52. The van der Waals surface area contributed by atoms with Gasteiger partial charge in [0.1, 0.15) is 5.75 Å². The highest BCUT2D eigenvalue weighted by Crippen LogP contribution is 2.24. The van der Waals surface area contributed by atoms with E-state index in [4.69, 9.17) is 4.74 Å². The molecule has 25 heavy (non-hydrogen) atoms. The first-order chi connectivity index (χ1) is 12.3. The van der Waals surface area contributed by atoms with Crippen LogP contribution in [0.5, 0.6) is 5.75 Å². The maximum Gasteiger partial charge on any atom is 0.197 e. The van der Waals surface area contributed by atoms with E-state index in [-0.39, 0.29) is 5.43 Å². The third-order valence-electron chi connectivity index (χ3n) is 4.35. The fourth-order valence-electron chi connectivity index (χ4n) is 3.06. The summed E-state index contributed by atoms with van der Waals surface area (Å²) in [6.45, 7) is 0. The Bertz CT molecular complexity index is 1080. The van der Waals surface area contributed by atoms with Crippen LogP contribution in [0.25, 0.3) is 27.7 Å². The Labute approximate surface area is 145 Å². The SMILES string of the molecule is COc1ccc(-n2cc(-c3ccccc3)c(=O)c3ccccc32)cc1. The average molecular weight is 327 g/mol. The van der Waals surface area contributed by atoms with Gasteiger partial charge in [0.05, 0.1) is 12.6 Å². The summed E-state index contributed by atoms with van der Waals surface area (Å²) in [6.07, 6.45) is 1.92. The number of para-hydroxylation sites is 1. The monoisotopic (exact) mass is 327 g/mol. The molecule has 0 atom stereocenters. The second-order valence-corrected chi connectivity index (χ2v) is 5.82. The van der Waals surface area contributed by atoms with Crippen LogP contribution in [-0.2, 0) is 0 Å². The van der Waals surface area contributed by atoms with Gasteiger partial charge in [-0.1, -0.05) is 42.5 Å². The number of benzene rings is 3. The van der Waals surface area contributed by atoms with E-state index < -0.39 is 0 Å². The average Bonchev–Trinajstić information content (AvgIpc) is 2.69. The van der Waals surface area contributed by atoms with Crippen LogP contribution in [0, 0.1) is 0 Å². The lowest BCUT2D eigenvalue weighted by atomic mass is 10.0. The van der Waals surface area contributed by atoms with Crippen molar-refractivity contribution in [3.8, 4) is 22.6 Å². The van der Waals surface area contributed by atoms with Gasteiger partial charge in [-0.05, 0) is 42.0 Å². The molecule has 1 aromatic heterocycles. The fourth-order valence-corrected chi connectivity index (χ4v) is 3.06. The highest BCUT2D eigenvalue weighted by Gasteiger charge is 2.11. The molecule has 4 rings (SSSR count). The summed E-state index contributed by atoms with van der Waals surface area (Å²) in [5, 5.41) is 0.708.